The number of cyclic esters (lactones) is 1. The van der Waals surface area contributed by atoms with Gasteiger partial charge in [0.25, 0.3) is 5.91 Å². The van der Waals surface area contributed by atoms with E-state index < -0.39 is 5.60 Å². The fraction of sp³-hybridized carbons (Fsp3) is 0.480. The molecular weight excluding hydrogens is 458 g/mol. The molecule has 1 N–H and O–H groups in total. The van der Waals surface area contributed by atoms with Crippen LogP contribution >= 0.6 is 11.6 Å². The van der Waals surface area contributed by atoms with Crippen molar-refractivity contribution in [3.63, 3.8) is 0 Å². The lowest BCUT2D eigenvalue weighted by atomic mass is 9.98. The molecule has 2 aliphatic rings. The van der Waals surface area contributed by atoms with E-state index in [1.54, 1.807) is 36.4 Å². The van der Waals surface area contributed by atoms with E-state index in [0.717, 1.165) is 11.1 Å². The van der Waals surface area contributed by atoms with Crippen molar-refractivity contribution in [3.05, 3.63) is 58.4 Å². The topological polar surface area (TPSA) is 90.0 Å². The Balaban J connectivity index is 1.49. The Kier molecular flexibility index (Phi) is 7.28. The predicted molar refractivity (Wildman–Crippen MR) is 127 cm³/mol. The third-order valence-corrected chi connectivity index (χ3v) is 6.56. The number of aromatic nitrogens is 1. The number of methoxy groups -OCH3 is 1. The number of fused-ring (bicyclic) bond motifs is 1. The normalized spacial score (nSPS) is 20.0. The number of hydrogen-bond donors (Lipinski definition) is 1. The molecule has 0 radical (unpaired) electrons. The first-order valence-corrected chi connectivity index (χ1v) is 11.8. The van der Waals surface area contributed by atoms with E-state index in [1.165, 1.54) is 0 Å². The van der Waals surface area contributed by atoms with Crippen LogP contribution < -0.4 is 10.1 Å². The molecule has 182 valence electrons. The number of piperidine rings is 1. The van der Waals surface area contributed by atoms with Gasteiger partial charge in [-0.1, -0.05) is 23.7 Å². The molecule has 0 saturated carbocycles. The minimum absolute atomic E-state index is 0.0223. The lowest BCUT2D eigenvalue weighted by molar-refractivity contribution is 0.0217. The van der Waals surface area contributed by atoms with Gasteiger partial charge in [-0.2, -0.15) is 0 Å². The summed E-state index contributed by atoms with van der Waals surface area (Å²) in [6.07, 6.45) is 3.29. The van der Waals surface area contributed by atoms with E-state index in [0.29, 0.717) is 49.7 Å². The van der Waals surface area contributed by atoms with Crippen LogP contribution in [0.4, 0.5) is 4.79 Å². The van der Waals surface area contributed by atoms with E-state index in [4.69, 9.17) is 25.8 Å². The van der Waals surface area contributed by atoms with Gasteiger partial charge in [-0.15, -0.1) is 0 Å². The average Bonchev–Trinajstić information content (AvgIpc) is 3.19. The van der Waals surface area contributed by atoms with Gasteiger partial charge < -0.3 is 24.4 Å². The summed E-state index contributed by atoms with van der Waals surface area (Å²) in [6, 6.07) is 9.02. The molecule has 2 aromatic rings. The van der Waals surface area contributed by atoms with E-state index in [-0.39, 0.29) is 29.8 Å². The van der Waals surface area contributed by atoms with Gasteiger partial charge in [0.2, 0.25) is 0 Å². The van der Waals surface area contributed by atoms with Gasteiger partial charge in [0.05, 0.1) is 11.6 Å². The van der Waals surface area contributed by atoms with Crippen LogP contribution in [0.15, 0.2) is 36.5 Å². The van der Waals surface area contributed by atoms with Crippen molar-refractivity contribution in [3.8, 4) is 5.75 Å². The van der Waals surface area contributed by atoms with E-state index in [1.807, 2.05) is 26.0 Å². The third kappa shape index (κ3) is 5.80. The van der Waals surface area contributed by atoms with Crippen LogP contribution in [0.2, 0.25) is 5.02 Å². The Labute approximate surface area is 204 Å². The number of rotatable bonds is 8. The second-order valence-electron chi connectivity index (χ2n) is 9.32. The summed E-state index contributed by atoms with van der Waals surface area (Å²) in [4.78, 5) is 30.8. The largest absolute Gasteiger partial charge is 0.490 e. The standard InChI is InChI=1S/C25H30ClN3O5/c1-25(2,32-3)12-17-14-27-21(23(30)28-13-16-4-6-18(26)7-5-16)11-22(17)34-20-8-9-29-19(10-20)15-33-24(29)31/h4-7,11,14,19-20H,8-10,12-13,15H2,1-3H3,(H,28,30)/t19-,20-/m0/s1. The van der Waals surface area contributed by atoms with Crippen LogP contribution in [0.25, 0.3) is 0 Å². The molecule has 2 atom stereocenters. The Morgan fingerprint density at radius 2 is 2.09 bits per heavy atom. The molecule has 2 aliphatic heterocycles. The Hall–Kier alpha value is -2.84. The van der Waals surface area contributed by atoms with Crippen molar-refractivity contribution in [2.45, 2.75) is 57.4 Å². The molecule has 4 rings (SSSR count). The summed E-state index contributed by atoms with van der Waals surface area (Å²) in [5, 5.41) is 3.54. The summed E-state index contributed by atoms with van der Waals surface area (Å²) in [5.74, 6) is 0.322. The molecule has 0 spiro atoms. The van der Waals surface area contributed by atoms with E-state index in [2.05, 4.69) is 10.3 Å². The number of ether oxygens (including phenoxy) is 3. The number of pyridine rings is 1. The van der Waals surface area contributed by atoms with Crippen molar-refractivity contribution in [1.29, 1.82) is 0 Å². The highest BCUT2D eigenvalue weighted by molar-refractivity contribution is 6.30. The maximum atomic E-state index is 12.8. The molecule has 0 unspecified atom stereocenters. The van der Waals surface area contributed by atoms with Gasteiger partial charge in [-0.3, -0.25) is 9.78 Å². The summed E-state index contributed by atoms with van der Waals surface area (Å²) in [7, 11) is 1.67. The van der Waals surface area contributed by atoms with Gasteiger partial charge in [-0.25, -0.2) is 4.79 Å². The van der Waals surface area contributed by atoms with Crippen molar-refractivity contribution in [2.75, 3.05) is 20.3 Å². The fourth-order valence-electron chi connectivity index (χ4n) is 4.19. The molecule has 34 heavy (non-hydrogen) atoms. The van der Waals surface area contributed by atoms with E-state index >= 15 is 0 Å². The summed E-state index contributed by atoms with van der Waals surface area (Å²) >= 11 is 5.93. The number of halogens is 1. The number of amides is 2. The number of hydrogen-bond acceptors (Lipinski definition) is 6. The van der Waals surface area contributed by atoms with Crippen LogP contribution in [0.1, 0.15) is 48.3 Å². The molecule has 1 aromatic heterocycles. The summed E-state index contributed by atoms with van der Waals surface area (Å²) in [6.45, 7) is 5.32. The molecule has 2 saturated heterocycles. The van der Waals surface area contributed by atoms with Crippen LogP contribution in [-0.2, 0) is 22.4 Å². The third-order valence-electron chi connectivity index (χ3n) is 6.31. The van der Waals surface area contributed by atoms with Crippen molar-refractivity contribution in [2.24, 2.45) is 0 Å². The van der Waals surface area contributed by atoms with Gasteiger partial charge in [0.1, 0.15) is 24.2 Å². The molecular formula is C25H30ClN3O5. The Morgan fingerprint density at radius 3 is 2.82 bits per heavy atom. The smallest absolute Gasteiger partial charge is 0.410 e. The molecule has 1 aromatic carbocycles. The maximum absolute atomic E-state index is 12.8. The number of nitrogens with zero attached hydrogens (tertiary/aromatic N) is 2. The summed E-state index contributed by atoms with van der Waals surface area (Å²) in [5.41, 5.74) is 1.66. The lowest BCUT2D eigenvalue weighted by Crippen LogP contribution is -2.44. The minimum atomic E-state index is -0.423. The number of benzene rings is 1. The van der Waals surface area contributed by atoms with Crippen LogP contribution in [0.3, 0.4) is 0 Å². The van der Waals surface area contributed by atoms with Gasteiger partial charge in [0, 0.05) is 62.3 Å². The molecule has 8 nitrogen and oxygen atoms in total. The van der Waals surface area contributed by atoms with Crippen LogP contribution in [-0.4, -0.2) is 59.9 Å². The van der Waals surface area contributed by atoms with Crippen LogP contribution in [0, 0.1) is 0 Å². The van der Waals surface area contributed by atoms with Gasteiger partial charge in [0.15, 0.2) is 0 Å². The number of carbonyl (C=O) groups is 2. The monoisotopic (exact) mass is 487 g/mol. The maximum Gasteiger partial charge on any atom is 0.410 e. The average molecular weight is 488 g/mol. The zero-order valence-corrected chi connectivity index (χ0v) is 20.4. The van der Waals surface area contributed by atoms with Gasteiger partial charge in [-0.05, 0) is 31.5 Å². The van der Waals surface area contributed by atoms with Gasteiger partial charge >= 0.3 is 6.09 Å². The first-order chi connectivity index (χ1) is 16.2. The second kappa shape index (κ2) is 10.2. The van der Waals surface area contributed by atoms with E-state index in [9.17, 15) is 9.59 Å². The van der Waals surface area contributed by atoms with Crippen molar-refractivity contribution in [1.82, 2.24) is 15.2 Å². The zero-order valence-electron chi connectivity index (χ0n) is 19.7. The zero-order chi connectivity index (χ0) is 24.3. The molecule has 0 aliphatic carbocycles. The Bertz CT molecular complexity index is 1040. The first-order valence-electron chi connectivity index (χ1n) is 11.4. The highest BCUT2D eigenvalue weighted by atomic mass is 35.5. The number of carbonyl (C=O) groups excluding carboxylic acids is 2. The minimum Gasteiger partial charge on any atom is -0.490 e. The molecule has 3 heterocycles. The second-order valence-corrected chi connectivity index (χ2v) is 9.75. The highest BCUT2D eigenvalue weighted by Gasteiger charge is 2.39. The molecule has 0 bridgehead atoms. The SMILES string of the molecule is COC(C)(C)Cc1cnc(C(=O)NCc2ccc(Cl)cc2)cc1O[C@H]1CCN2C(=O)OC[C@@H]2C1. The molecule has 9 heteroatoms. The highest BCUT2D eigenvalue weighted by Crippen LogP contribution is 2.31. The quantitative estimate of drug-likeness (QED) is 0.605. The van der Waals surface area contributed by atoms with Crippen molar-refractivity contribution >= 4 is 23.6 Å². The molecule has 2 amide bonds. The molecule has 2 fully saturated rings. The lowest BCUT2D eigenvalue weighted by Gasteiger charge is -2.33. The fourth-order valence-corrected chi connectivity index (χ4v) is 4.31. The Morgan fingerprint density at radius 1 is 1.32 bits per heavy atom. The number of nitrogens with one attached hydrogen (secondary N) is 1. The van der Waals surface area contributed by atoms with Crippen LogP contribution in [0.5, 0.6) is 5.75 Å². The van der Waals surface area contributed by atoms with Crippen molar-refractivity contribution < 1.29 is 23.8 Å². The first kappa shape index (κ1) is 24.3. The predicted octanol–water partition coefficient (Wildman–Crippen LogP) is 3.99. The summed E-state index contributed by atoms with van der Waals surface area (Å²) < 4.78 is 17.2.